The summed E-state index contributed by atoms with van der Waals surface area (Å²) >= 11 is 0. The van der Waals surface area contributed by atoms with Crippen LogP contribution in [0.2, 0.25) is 0 Å². The molecule has 1 aliphatic heterocycles. The van der Waals surface area contributed by atoms with Crippen molar-refractivity contribution >= 4 is 17.7 Å². The molecule has 0 spiro atoms. The molecule has 1 fully saturated rings. The molecule has 2 N–H and O–H groups in total. The maximum Gasteiger partial charge on any atom is 0.276 e. The summed E-state index contributed by atoms with van der Waals surface area (Å²) in [5, 5.41) is 0. The average Bonchev–Trinajstić information content (AvgIpc) is 2.80. The van der Waals surface area contributed by atoms with E-state index >= 15 is 0 Å². The zero-order valence-electron chi connectivity index (χ0n) is 18.9. The Balaban J connectivity index is 1.49. The molecule has 1 aliphatic rings. The molecule has 7 nitrogen and oxygen atoms in total. The predicted octanol–water partition coefficient (Wildman–Crippen LogP) is 2.94. The lowest BCUT2D eigenvalue weighted by atomic mass is 9.96. The topological polar surface area (TPSA) is 87.7 Å². The maximum atomic E-state index is 12.9. The lowest BCUT2D eigenvalue weighted by Gasteiger charge is -2.32. The van der Waals surface area contributed by atoms with E-state index in [-0.39, 0.29) is 24.3 Å². The van der Waals surface area contributed by atoms with Crippen LogP contribution >= 0.6 is 0 Å². The van der Waals surface area contributed by atoms with Gasteiger partial charge in [-0.25, -0.2) is 0 Å². The fourth-order valence-electron chi connectivity index (χ4n) is 4.01. The summed E-state index contributed by atoms with van der Waals surface area (Å²) in [5.74, 6) is -0.528. The number of rotatable bonds is 6. The van der Waals surface area contributed by atoms with Crippen LogP contribution in [0.3, 0.4) is 0 Å². The lowest BCUT2D eigenvalue weighted by Crippen LogP contribution is -2.50. The highest BCUT2D eigenvalue weighted by atomic mass is 16.5. The van der Waals surface area contributed by atoms with Gasteiger partial charge in [0, 0.05) is 18.7 Å². The first-order chi connectivity index (χ1) is 15.4. The minimum Gasteiger partial charge on any atom is -0.483 e. The lowest BCUT2D eigenvalue weighted by molar-refractivity contribution is -0.132. The van der Waals surface area contributed by atoms with Crippen LogP contribution in [0.15, 0.2) is 42.5 Å². The summed E-state index contributed by atoms with van der Waals surface area (Å²) in [6.07, 6.45) is 2.20. The zero-order valence-corrected chi connectivity index (χ0v) is 18.9. The van der Waals surface area contributed by atoms with Crippen LogP contribution in [-0.4, -0.2) is 42.3 Å². The van der Waals surface area contributed by atoms with Gasteiger partial charge in [0.15, 0.2) is 6.61 Å². The second kappa shape index (κ2) is 10.8. The summed E-state index contributed by atoms with van der Waals surface area (Å²) in [5.41, 5.74) is 8.61. The Morgan fingerprint density at radius 3 is 2.50 bits per heavy atom. The average molecular weight is 438 g/mol. The van der Waals surface area contributed by atoms with Gasteiger partial charge in [0.05, 0.1) is 5.92 Å². The van der Waals surface area contributed by atoms with Crippen molar-refractivity contribution < 1.29 is 19.1 Å². The second-order valence-electron chi connectivity index (χ2n) is 8.25. The minimum atomic E-state index is -0.441. The molecular weight excluding hydrogens is 406 g/mol. The van der Waals surface area contributed by atoms with Gasteiger partial charge in [-0.05, 0) is 56.9 Å². The van der Waals surface area contributed by atoms with Gasteiger partial charge in [0.1, 0.15) is 5.75 Å². The summed E-state index contributed by atoms with van der Waals surface area (Å²) in [7, 11) is 0. The SMILES string of the molecule is CCc1ccccc1OCC(=O)NNC(=O)C1CCCN(C(=O)c2cc(C)cc(C)c2)C1. The van der Waals surface area contributed by atoms with Crippen molar-refractivity contribution in [1.29, 1.82) is 0 Å². The Morgan fingerprint density at radius 1 is 1.06 bits per heavy atom. The number of hydrogen-bond acceptors (Lipinski definition) is 4. The van der Waals surface area contributed by atoms with Gasteiger partial charge in [0.2, 0.25) is 5.91 Å². The van der Waals surface area contributed by atoms with E-state index in [9.17, 15) is 14.4 Å². The summed E-state index contributed by atoms with van der Waals surface area (Å²) in [6, 6.07) is 13.3. The van der Waals surface area contributed by atoms with E-state index in [0.717, 1.165) is 29.5 Å². The van der Waals surface area contributed by atoms with Crippen molar-refractivity contribution in [2.45, 2.75) is 40.0 Å². The fourth-order valence-corrected chi connectivity index (χ4v) is 4.01. The van der Waals surface area contributed by atoms with Crippen molar-refractivity contribution in [3.63, 3.8) is 0 Å². The van der Waals surface area contributed by atoms with Gasteiger partial charge >= 0.3 is 0 Å². The minimum absolute atomic E-state index is 0.0682. The maximum absolute atomic E-state index is 12.9. The summed E-state index contributed by atoms with van der Waals surface area (Å²) in [6.45, 7) is 6.69. The number of hydrazine groups is 1. The van der Waals surface area contributed by atoms with Crippen LogP contribution in [0, 0.1) is 19.8 Å². The molecule has 3 amide bonds. The van der Waals surface area contributed by atoms with Gasteiger partial charge < -0.3 is 9.64 Å². The molecule has 1 unspecified atom stereocenters. The number of amides is 3. The third kappa shape index (κ3) is 6.09. The molecule has 0 radical (unpaired) electrons. The van der Waals surface area contributed by atoms with Crippen LogP contribution in [0.1, 0.15) is 46.8 Å². The van der Waals surface area contributed by atoms with Crippen molar-refractivity contribution in [1.82, 2.24) is 15.8 Å². The monoisotopic (exact) mass is 437 g/mol. The van der Waals surface area contributed by atoms with Crippen molar-refractivity contribution in [2.75, 3.05) is 19.7 Å². The zero-order chi connectivity index (χ0) is 23.1. The number of likely N-dealkylation sites (tertiary alicyclic amines) is 1. The second-order valence-corrected chi connectivity index (χ2v) is 8.25. The largest absolute Gasteiger partial charge is 0.483 e. The Hall–Kier alpha value is -3.35. The van der Waals surface area contributed by atoms with E-state index in [1.54, 1.807) is 4.90 Å². The molecular formula is C25H31N3O4. The number of nitrogens with zero attached hydrogens (tertiary/aromatic N) is 1. The van der Waals surface area contributed by atoms with Crippen LogP contribution in [0.4, 0.5) is 0 Å². The molecule has 2 aromatic carbocycles. The van der Waals surface area contributed by atoms with Gasteiger partial charge in [-0.1, -0.05) is 42.3 Å². The van der Waals surface area contributed by atoms with Crippen LogP contribution < -0.4 is 15.6 Å². The van der Waals surface area contributed by atoms with E-state index in [2.05, 4.69) is 10.9 Å². The first-order valence-electron chi connectivity index (χ1n) is 11.0. The molecule has 0 aliphatic carbocycles. The Bertz CT molecular complexity index is 969. The Morgan fingerprint density at radius 2 is 1.78 bits per heavy atom. The highest BCUT2D eigenvalue weighted by Gasteiger charge is 2.29. The molecule has 7 heteroatoms. The van der Waals surface area contributed by atoms with Gasteiger partial charge in [0.25, 0.3) is 11.8 Å². The molecule has 0 saturated carbocycles. The van der Waals surface area contributed by atoms with E-state index in [1.165, 1.54) is 0 Å². The van der Waals surface area contributed by atoms with Gasteiger partial charge in [-0.3, -0.25) is 25.2 Å². The number of carbonyl (C=O) groups excluding carboxylic acids is 3. The highest BCUT2D eigenvalue weighted by Crippen LogP contribution is 2.20. The van der Waals surface area contributed by atoms with Crippen molar-refractivity contribution in [3.05, 3.63) is 64.7 Å². The van der Waals surface area contributed by atoms with Gasteiger partial charge in [-0.2, -0.15) is 0 Å². The number of ether oxygens (including phenoxy) is 1. The molecule has 1 atom stereocenters. The van der Waals surface area contributed by atoms with E-state index in [1.807, 2.05) is 63.2 Å². The number of aryl methyl sites for hydroxylation is 3. The van der Waals surface area contributed by atoms with E-state index < -0.39 is 5.91 Å². The summed E-state index contributed by atoms with van der Waals surface area (Å²) in [4.78, 5) is 39.3. The fraction of sp³-hybridized carbons (Fsp3) is 0.400. The molecule has 0 bridgehead atoms. The first kappa shape index (κ1) is 23.3. The number of benzene rings is 2. The number of para-hydroxylation sites is 1. The normalized spacial score (nSPS) is 15.7. The van der Waals surface area contributed by atoms with Crippen molar-refractivity contribution in [3.8, 4) is 5.75 Å². The number of piperidine rings is 1. The quantitative estimate of drug-likeness (QED) is 0.680. The molecule has 170 valence electrons. The molecule has 3 rings (SSSR count). The summed E-state index contributed by atoms with van der Waals surface area (Å²) < 4.78 is 5.57. The van der Waals surface area contributed by atoms with Crippen LogP contribution in [0.5, 0.6) is 5.75 Å². The van der Waals surface area contributed by atoms with Crippen LogP contribution in [-0.2, 0) is 16.0 Å². The molecule has 1 heterocycles. The predicted molar refractivity (Wildman–Crippen MR) is 122 cm³/mol. The number of nitrogens with one attached hydrogen (secondary N) is 2. The standard InChI is InChI=1S/C25H31N3O4/c1-4-19-8-5-6-10-22(19)32-16-23(29)26-27-24(30)20-9-7-11-28(15-20)25(31)21-13-17(2)12-18(3)14-21/h5-6,8,10,12-14,20H,4,7,9,11,15-16H2,1-3H3,(H,26,29)(H,27,30). The van der Waals surface area contributed by atoms with Gasteiger partial charge in [-0.15, -0.1) is 0 Å². The van der Waals surface area contributed by atoms with E-state index in [0.29, 0.717) is 30.8 Å². The molecule has 32 heavy (non-hydrogen) atoms. The first-order valence-corrected chi connectivity index (χ1v) is 11.0. The molecule has 2 aromatic rings. The molecule has 0 aromatic heterocycles. The van der Waals surface area contributed by atoms with Crippen LogP contribution in [0.25, 0.3) is 0 Å². The third-order valence-corrected chi connectivity index (χ3v) is 5.59. The highest BCUT2D eigenvalue weighted by molar-refractivity contribution is 5.95. The Kier molecular flexibility index (Phi) is 7.87. The molecule has 1 saturated heterocycles. The number of carbonyl (C=O) groups is 3. The number of hydrogen-bond donors (Lipinski definition) is 2. The smallest absolute Gasteiger partial charge is 0.276 e. The third-order valence-electron chi connectivity index (χ3n) is 5.59. The Labute approximate surface area is 189 Å². The van der Waals surface area contributed by atoms with Crippen molar-refractivity contribution in [2.24, 2.45) is 5.92 Å². The van der Waals surface area contributed by atoms with E-state index in [4.69, 9.17) is 4.74 Å².